The van der Waals surface area contributed by atoms with Crippen LogP contribution in [0.1, 0.15) is 16.7 Å². The number of non-ortho nitro benzene ring substituents is 1. The van der Waals surface area contributed by atoms with Gasteiger partial charge in [-0.25, -0.2) is 9.79 Å². The minimum absolute atomic E-state index is 0.0681. The molecule has 0 saturated heterocycles. The molecule has 6 nitrogen and oxygen atoms in total. The van der Waals surface area contributed by atoms with Crippen LogP contribution in [0.25, 0.3) is 6.08 Å². The standard InChI is InChI=1S/C17H12N2O4/c1-11-5-2-3-6-12(11)10-15-17(20)23-16(18-15)13-7-4-8-14(9-13)19(21)22/h2-10H,1H3. The molecule has 6 heteroatoms. The first-order chi connectivity index (χ1) is 11.0. The normalized spacial score (nSPS) is 15.4. The molecule has 0 unspecified atom stereocenters. The second-order valence-electron chi connectivity index (χ2n) is 5.00. The zero-order valence-corrected chi connectivity index (χ0v) is 12.2. The largest absolute Gasteiger partial charge is 0.402 e. The molecule has 0 fully saturated rings. The first-order valence-corrected chi connectivity index (χ1v) is 6.87. The predicted octanol–water partition coefficient (Wildman–Crippen LogP) is 3.25. The third-order valence-electron chi connectivity index (χ3n) is 3.41. The Morgan fingerprint density at radius 1 is 1.17 bits per heavy atom. The quantitative estimate of drug-likeness (QED) is 0.377. The molecule has 2 aromatic carbocycles. The molecule has 0 atom stereocenters. The van der Waals surface area contributed by atoms with Crippen LogP contribution in [0, 0.1) is 17.0 Å². The third-order valence-corrected chi connectivity index (χ3v) is 3.41. The molecule has 1 aliphatic heterocycles. The number of hydrogen-bond acceptors (Lipinski definition) is 5. The van der Waals surface area contributed by atoms with E-state index in [1.54, 1.807) is 12.1 Å². The lowest BCUT2D eigenvalue weighted by atomic mass is 10.1. The molecule has 0 saturated carbocycles. The highest BCUT2D eigenvalue weighted by Crippen LogP contribution is 2.22. The maximum atomic E-state index is 12.0. The summed E-state index contributed by atoms with van der Waals surface area (Å²) in [7, 11) is 0. The summed E-state index contributed by atoms with van der Waals surface area (Å²) in [5.41, 5.74) is 2.34. The van der Waals surface area contributed by atoms with Gasteiger partial charge in [-0.2, -0.15) is 0 Å². The Morgan fingerprint density at radius 2 is 1.96 bits per heavy atom. The van der Waals surface area contributed by atoms with Gasteiger partial charge in [0, 0.05) is 17.7 Å². The monoisotopic (exact) mass is 308 g/mol. The second kappa shape index (κ2) is 5.84. The molecular formula is C17H12N2O4. The molecule has 114 valence electrons. The van der Waals surface area contributed by atoms with Crippen molar-refractivity contribution in [3.05, 3.63) is 81.0 Å². The van der Waals surface area contributed by atoms with Gasteiger partial charge >= 0.3 is 5.97 Å². The van der Waals surface area contributed by atoms with E-state index in [-0.39, 0.29) is 17.3 Å². The maximum absolute atomic E-state index is 12.0. The average Bonchev–Trinajstić information content (AvgIpc) is 2.91. The van der Waals surface area contributed by atoms with E-state index in [9.17, 15) is 14.9 Å². The minimum atomic E-state index is -0.574. The number of esters is 1. The number of carbonyl (C=O) groups excluding carboxylic acids is 1. The lowest BCUT2D eigenvalue weighted by Gasteiger charge is -1.99. The first kappa shape index (κ1) is 14.6. The summed E-state index contributed by atoms with van der Waals surface area (Å²) in [6, 6.07) is 13.4. The van der Waals surface area contributed by atoms with E-state index in [2.05, 4.69) is 4.99 Å². The molecule has 1 heterocycles. The van der Waals surface area contributed by atoms with Gasteiger partial charge in [0.15, 0.2) is 5.70 Å². The number of nitro groups is 1. The van der Waals surface area contributed by atoms with Gasteiger partial charge in [-0.15, -0.1) is 0 Å². The summed E-state index contributed by atoms with van der Waals surface area (Å²) in [6.07, 6.45) is 1.64. The molecule has 2 aromatic rings. The molecule has 0 N–H and O–H groups in total. The van der Waals surface area contributed by atoms with Gasteiger partial charge in [0.25, 0.3) is 5.69 Å². The van der Waals surface area contributed by atoms with Crippen molar-refractivity contribution in [2.45, 2.75) is 6.92 Å². The lowest BCUT2D eigenvalue weighted by Crippen LogP contribution is -2.05. The highest BCUT2D eigenvalue weighted by Gasteiger charge is 2.25. The van der Waals surface area contributed by atoms with Crippen LogP contribution in [0.15, 0.2) is 59.2 Å². The van der Waals surface area contributed by atoms with E-state index in [0.717, 1.165) is 11.1 Å². The summed E-state index contributed by atoms with van der Waals surface area (Å²) in [6.45, 7) is 1.93. The van der Waals surface area contributed by atoms with Crippen molar-refractivity contribution in [1.82, 2.24) is 0 Å². The van der Waals surface area contributed by atoms with E-state index >= 15 is 0 Å². The number of benzene rings is 2. The summed E-state index contributed by atoms with van der Waals surface area (Å²) >= 11 is 0. The van der Waals surface area contributed by atoms with Gasteiger partial charge in [-0.05, 0) is 30.2 Å². The van der Waals surface area contributed by atoms with Gasteiger partial charge < -0.3 is 4.74 Å². The van der Waals surface area contributed by atoms with Crippen LogP contribution in [0.4, 0.5) is 5.69 Å². The fraction of sp³-hybridized carbons (Fsp3) is 0.0588. The number of ether oxygens (including phenoxy) is 1. The molecule has 0 bridgehead atoms. The Hall–Kier alpha value is -3.28. The van der Waals surface area contributed by atoms with Gasteiger partial charge in [0.1, 0.15) is 0 Å². The van der Waals surface area contributed by atoms with Crippen molar-refractivity contribution >= 4 is 23.6 Å². The van der Waals surface area contributed by atoms with Gasteiger partial charge in [0.05, 0.1) is 4.92 Å². The van der Waals surface area contributed by atoms with Crippen LogP contribution in [0.3, 0.4) is 0 Å². The SMILES string of the molecule is Cc1ccccc1C=C1N=C(c2cccc([N+](=O)[O-])c2)OC1=O. The number of cyclic esters (lactones) is 1. The van der Waals surface area contributed by atoms with Gasteiger partial charge in [-0.3, -0.25) is 10.1 Å². The minimum Gasteiger partial charge on any atom is -0.402 e. The van der Waals surface area contributed by atoms with Crippen molar-refractivity contribution < 1.29 is 14.5 Å². The van der Waals surface area contributed by atoms with Crippen molar-refractivity contribution in [3.63, 3.8) is 0 Å². The first-order valence-electron chi connectivity index (χ1n) is 6.87. The third kappa shape index (κ3) is 3.01. The second-order valence-corrected chi connectivity index (χ2v) is 5.00. The fourth-order valence-electron chi connectivity index (χ4n) is 2.18. The zero-order valence-electron chi connectivity index (χ0n) is 12.2. The van der Waals surface area contributed by atoms with E-state index in [0.29, 0.717) is 5.56 Å². The van der Waals surface area contributed by atoms with Crippen LogP contribution in [-0.2, 0) is 9.53 Å². The number of carbonyl (C=O) groups is 1. The number of aliphatic imine (C=N–C) groups is 1. The molecule has 1 aliphatic rings. The van der Waals surface area contributed by atoms with Crippen LogP contribution in [0.2, 0.25) is 0 Å². The highest BCUT2D eigenvalue weighted by molar-refractivity contribution is 6.13. The van der Waals surface area contributed by atoms with Crippen LogP contribution >= 0.6 is 0 Å². The Kier molecular flexibility index (Phi) is 3.72. The Bertz CT molecular complexity index is 868. The molecule has 3 rings (SSSR count). The lowest BCUT2D eigenvalue weighted by molar-refractivity contribution is -0.384. The Morgan fingerprint density at radius 3 is 2.70 bits per heavy atom. The number of nitro benzene ring substituents is 1. The number of aryl methyl sites for hydroxylation is 1. The van der Waals surface area contributed by atoms with E-state index in [1.165, 1.54) is 18.2 Å². The molecular weight excluding hydrogens is 296 g/mol. The molecule has 0 spiro atoms. The average molecular weight is 308 g/mol. The van der Waals surface area contributed by atoms with Crippen molar-refractivity contribution in [3.8, 4) is 0 Å². The van der Waals surface area contributed by atoms with Crippen molar-refractivity contribution in [2.24, 2.45) is 4.99 Å². The van der Waals surface area contributed by atoms with Crippen molar-refractivity contribution in [2.75, 3.05) is 0 Å². The summed E-state index contributed by atoms with van der Waals surface area (Å²) in [5.74, 6) is -0.506. The predicted molar refractivity (Wildman–Crippen MR) is 84.9 cm³/mol. The van der Waals surface area contributed by atoms with Gasteiger partial charge in [-0.1, -0.05) is 30.3 Å². The van der Waals surface area contributed by atoms with Crippen LogP contribution in [-0.4, -0.2) is 16.8 Å². The van der Waals surface area contributed by atoms with E-state index in [4.69, 9.17) is 4.74 Å². The summed E-state index contributed by atoms with van der Waals surface area (Å²) in [4.78, 5) is 26.4. The van der Waals surface area contributed by atoms with Crippen LogP contribution < -0.4 is 0 Å². The molecule has 0 aliphatic carbocycles. The molecule has 0 aromatic heterocycles. The van der Waals surface area contributed by atoms with Crippen molar-refractivity contribution in [1.29, 1.82) is 0 Å². The summed E-state index contributed by atoms with van der Waals surface area (Å²) in [5, 5.41) is 10.8. The topological polar surface area (TPSA) is 81.8 Å². The van der Waals surface area contributed by atoms with Gasteiger partial charge in [0.2, 0.25) is 5.90 Å². The molecule has 0 amide bonds. The smallest absolute Gasteiger partial charge is 0.363 e. The highest BCUT2D eigenvalue weighted by atomic mass is 16.6. The van der Waals surface area contributed by atoms with Crippen LogP contribution in [0.5, 0.6) is 0 Å². The number of nitrogens with zero attached hydrogens (tertiary/aromatic N) is 2. The summed E-state index contributed by atoms with van der Waals surface area (Å²) < 4.78 is 5.13. The maximum Gasteiger partial charge on any atom is 0.363 e. The van der Waals surface area contributed by atoms with E-state index in [1.807, 2.05) is 31.2 Å². The molecule has 0 radical (unpaired) electrons. The Labute approximate surface area is 131 Å². The zero-order chi connectivity index (χ0) is 16.4. The Balaban J connectivity index is 1.97. The number of rotatable bonds is 3. The number of hydrogen-bond donors (Lipinski definition) is 0. The fourth-order valence-corrected chi connectivity index (χ4v) is 2.18. The molecule has 23 heavy (non-hydrogen) atoms. The van der Waals surface area contributed by atoms with E-state index < -0.39 is 10.9 Å².